The Labute approximate surface area is 168 Å². The molecule has 152 valence electrons. The molecule has 1 aliphatic carbocycles. The summed E-state index contributed by atoms with van der Waals surface area (Å²) in [6, 6.07) is 14.0. The van der Waals surface area contributed by atoms with Crippen LogP contribution < -0.4 is 15.3 Å². The minimum atomic E-state index is -3.50. The molecule has 28 heavy (non-hydrogen) atoms. The topological polar surface area (TPSA) is 55.8 Å². The molecule has 0 radical (unpaired) electrons. The number of hydrogen-bond donors (Lipinski definition) is 1. The highest BCUT2D eigenvalue weighted by atomic mass is 31.2. The maximum Gasteiger partial charge on any atom is 0.265 e. The largest absolute Gasteiger partial charge is 0.507 e. The third-order valence-corrected chi connectivity index (χ3v) is 8.38. The summed E-state index contributed by atoms with van der Waals surface area (Å²) in [6.07, 6.45) is 3.01. The molecule has 0 bridgehead atoms. The second-order valence-corrected chi connectivity index (χ2v) is 10.5. The molecule has 0 spiro atoms. The lowest BCUT2D eigenvalue weighted by atomic mass is 9.75. The van der Waals surface area contributed by atoms with Crippen LogP contribution >= 0.6 is 7.37 Å². The smallest absolute Gasteiger partial charge is 0.265 e. The number of phenols is 1. The standard InChI is InChI=1S/C23H31O4P/c1-16(2)20-12-10-17(3)14-22(20)27-28(25,19-8-6-5-7-9-19)23-15-18(26-4)11-13-21(23)24/h5-9,11,13,15-17,20,22,24H,10,12,14H2,1-4H3/t17-,20+,22-,28-/m1/s1. The van der Waals surface area contributed by atoms with E-state index in [0.717, 1.165) is 12.8 Å². The van der Waals surface area contributed by atoms with E-state index in [1.807, 2.05) is 30.3 Å². The van der Waals surface area contributed by atoms with Crippen LogP contribution in [0, 0.1) is 17.8 Å². The van der Waals surface area contributed by atoms with Gasteiger partial charge in [-0.1, -0.05) is 45.4 Å². The van der Waals surface area contributed by atoms with Gasteiger partial charge in [0.1, 0.15) is 11.5 Å². The molecule has 0 aromatic heterocycles. The van der Waals surface area contributed by atoms with Crippen molar-refractivity contribution in [2.75, 3.05) is 7.11 Å². The van der Waals surface area contributed by atoms with Gasteiger partial charge in [0, 0.05) is 5.30 Å². The summed E-state index contributed by atoms with van der Waals surface area (Å²) in [6.45, 7) is 6.63. The van der Waals surface area contributed by atoms with Crippen molar-refractivity contribution in [2.45, 2.75) is 46.1 Å². The van der Waals surface area contributed by atoms with Crippen molar-refractivity contribution < 1.29 is 18.9 Å². The van der Waals surface area contributed by atoms with Gasteiger partial charge in [-0.2, -0.15) is 0 Å². The number of methoxy groups -OCH3 is 1. The molecule has 1 N–H and O–H groups in total. The van der Waals surface area contributed by atoms with Crippen molar-refractivity contribution in [3.05, 3.63) is 48.5 Å². The first-order chi connectivity index (χ1) is 13.3. The Morgan fingerprint density at radius 1 is 1.11 bits per heavy atom. The number of benzene rings is 2. The normalized spacial score (nSPS) is 24.7. The van der Waals surface area contributed by atoms with E-state index in [9.17, 15) is 9.67 Å². The first-order valence-electron chi connectivity index (χ1n) is 10.1. The average Bonchev–Trinajstić information content (AvgIpc) is 2.68. The van der Waals surface area contributed by atoms with Crippen LogP contribution in [-0.4, -0.2) is 18.3 Å². The summed E-state index contributed by atoms with van der Waals surface area (Å²) in [4.78, 5) is 0. The summed E-state index contributed by atoms with van der Waals surface area (Å²) in [7, 11) is -1.95. The van der Waals surface area contributed by atoms with Crippen molar-refractivity contribution >= 4 is 18.0 Å². The van der Waals surface area contributed by atoms with Crippen LogP contribution in [0.25, 0.3) is 0 Å². The molecule has 2 aromatic carbocycles. The number of aromatic hydroxyl groups is 1. The van der Waals surface area contributed by atoms with E-state index >= 15 is 0 Å². The lowest BCUT2D eigenvalue weighted by Gasteiger charge is -2.39. The second kappa shape index (κ2) is 8.71. The fourth-order valence-corrected chi connectivity index (χ4v) is 6.55. The van der Waals surface area contributed by atoms with Crippen LogP contribution in [0.3, 0.4) is 0 Å². The highest BCUT2D eigenvalue weighted by molar-refractivity contribution is 7.74. The minimum absolute atomic E-state index is 0.0297. The summed E-state index contributed by atoms with van der Waals surface area (Å²) < 4.78 is 26.2. The maximum absolute atomic E-state index is 14.4. The first kappa shape index (κ1) is 21.0. The number of phenolic OH excluding ortho intramolecular Hbond substituents is 1. The highest BCUT2D eigenvalue weighted by Crippen LogP contribution is 2.52. The molecule has 0 saturated heterocycles. The van der Waals surface area contributed by atoms with E-state index < -0.39 is 7.37 Å². The molecule has 0 unspecified atom stereocenters. The van der Waals surface area contributed by atoms with Gasteiger partial charge in [0.15, 0.2) is 0 Å². The van der Waals surface area contributed by atoms with Gasteiger partial charge in [-0.15, -0.1) is 0 Å². The average molecular weight is 402 g/mol. The maximum atomic E-state index is 14.4. The van der Waals surface area contributed by atoms with E-state index in [1.165, 1.54) is 12.5 Å². The van der Waals surface area contributed by atoms with Gasteiger partial charge in [-0.3, -0.25) is 4.57 Å². The molecule has 1 aliphatic rings. The Balaban J connectivity index is 2.09. The molecule has 4 nitrogen and oxygen atoms in total. The van der Waals surface area contributed by atoms with E-state index in [0.29, 0.717) is 34.1 Å². The molecular weight excluding hydrogens is 371 g/mol. The van der Waals surface area contributed by atoms with Gasteiger partial charge >= 0.3 is 0 Å². The molecular formula is C23H31O4P. The number of ether oxygens (including phenoxy) is 1. The number of hydrogen-bond acceptors (Lipinski definition) is 4. The van der Waals surface area contributed by atoms with Crippen LogP contribution in [0.2, 0.25) is 0 Å². The van der Waals surface area contributed by atoms with Gasteiger partial charge in [-0.05, 0) is 60.9 Å². The van der Waals surface area contributed by atoms with E-state index in [4.69, 9.17) is 9.26 Å². The Bertz CT molecular complexity index is 834. The van der Waals surface area contributed by atoms with E-state index in [2.05, 4.69) is 20.8 Å². The quantitative estimate of drug-likeness (QED) is 0.683. The molecule has 2 aromatic rings. The molecule has 0 heterocycles. The lowest BCUT2D eigenvalue weighted by Crippen LogP contribution is -2.36. The Kier molecular flexibility index (Phi) is 6.52. The monoisotopic (exact) mass is 402 g/mol. The Morgan fingerprint density at radius 3 is 2.46 bits per heavy atom. The molecule has 0 aliphatic heterocycles. The lowest BCUT2D eigenvalue weighted by molar-refractivity contribution is 0.0514. The second-order valence-electron chi connectivity index (χ2n) is 8.21. The van der Waals surface area contributed by atoms with Crippen LogP contribution in [-0.2, 0) is 9.09 Å². The van der Waals surface area contributed by atoms with Crippen molar-refractivity contribution in [2.24, 2.45) is 17.8 Å². The zero-order chi connectivity index (χ0) is 20.3. The molecule has 5 heteroatoms. The van der Waals surface area contributed by atoms with Crippen LogP contribution in [0.15, 0.2) is 48.5 Å². The van der Waals surface area contributed by atoms with Crippen molar-refractivity contribution in [1.29, 1.82) is 0 Å². The van der Waals surface area contributed by atoms with Gasteiger partial charge in [-0.25, -0.2) is 0 Å². The zero-order valence-electron chi connectivity index (χ0n) is 17.2. The summed E-state index contributed by atoms with van der Waals surface area (Å²) in [5.41, 5.74) is 0. The molecule has 1 saturated carbocycles. The Morgan fingerprint density at radius 2 is 1.82 bits per heavy atom. The van der Waals surface area contributed by atoms with Gasteiger partial charge < -0.3 is 14.4 Å². The fraction of sp³-hybridized carbons (Fsp3) is 0.478. The molecule has 0 amide bonds. The van der Waals surface area contributed by atoms with Gasteiger partial charge in [0.2, 0.25) is 0 Å². The summed E-state index contributed by atoms with van der Waals surface area (Å²) >= 11 is 0. The highest BCUT2D eigenvalue weighted by Gasteiger charge is 2.40. The van der Waals surface area contributed by atoms with Crippen molar-refractivity contribution in [3.8, 4) is 11.5 Å². The molecule has 4 atom stereocenters. The Hall–Kier alpha value is -1.77. The summed E-state index contributed by atoms with van der Waals surface area (Å²) in [5, 5.41) is 11.5. The zero-order valence-corrected chi connectivity index (χ0v) is 18.1. The minimum Gasteiger partial charge on any atom is -0.507 e. The fourth-order valence-electron chi connectivity index (χ4n) is 4.17. The van der Waals surface area contributed by atoms with E-state index in [1.54, 1.807) is 19.2 Å². The predicted octanol–water partition coefficient (Wildman–Crippen LogP) is 5.11. The predicted molar refractivity (Wildman–Crippen MR) is 114 cm³/mol. The van der Waals surface area contributed by atoms with Gasteiger partial charge in [0.05, 0.1) is 18.5 Å². The van der Waals surface area contributed by atoms with Crippen LogP contribution in [0.5, 0.6) is 11.5 Å². The van der Waals surface area contributed by atoms with E-state index in [-0.39, 0.29) is 11.9 Å². The molecule has 1 fully saturated rings. The van der Waals surface area contributed by atoms with Crippen molar-refractivity contribution in [3.63, 3.8) is 0 Å². The number of rotatable bonds is 6. The molecule has 3 rings (SSSR count). The van der Waals surface area contributed by atoms with Crippen LogP contribution in [0.1, 0.15) is 40.0 Å². The first-order valence-corrected chi connectivity index (χ1v) is 11.7. The third-order valence-electron chi connectivity index (χ3n) is 5.84. The van der Waals surface area contributed by atoms with Crippen molar-refractivity contribution in [1.82, 2.24) is 0 Å². The SMILES string of the molecule is COc1ccc(O)c([P@](=O)(O[C@@H]2C[C@H](C)CC[C@H]2C(C)C)c2ccccc2)c1. The summed E-state index contributed by atoms with van der Waals surface area (Å²) in [5.74, 6) is 1.84. The third kappa shape index (κ3) is 4.29. The van der Waals surface area contributed by atoms with Gasteiger partial charge in [0.25, 0.3) is 7.37 Å². The van der Waals surface area contributed by atoms with Crippen LogP contribution in [0.4, 0.5) is 0 Å².